The molecule has 2 rings (SSSR count). The fourth-order valence-corrected chi connectivity index (χ4v) is 2.01. The van der Waals surface area contributed by atoms with Gasteiger partial charge in [0.1, 0.15) is 18.2 Å². The molecule has 1 aliphatic rings. The monoisotopic (exact) mass is 275 g/mol. The largest absolute Gasteiger partial charge is 0.490 e. The van der Waals surface area contributed by atoms with Crippen molar-refractivity contribution in [1.82, 2.24) is 4.90 Å². The van der Waals surface area contributed by atoms with Gasteiger partial charge in [-0.05, 0) is 26.0 Å². The van der Waals surface area contributed by atoms with Crippen LogP contribution in [0.2, 0.25) is 0 Å². The maximum absolute atomic E-state index is 8.06. The molecule has 0 amide bonds. The summed E-state index contributed by atoms with van der Waals surface area (Å²) in [6, 6.07) is 5.78. The van der Waals surface area contributed by atoms with Crippen LogP contribution in [0.4, 0.5) is 0 Å². The molecular weight excluding hydrogens is 254 g/mol. The van der Waals surface area contributed by atoms with Gasteiger partial charge in [-0.1, -0.05) is 11.2 Å². The van der Waals surface area contributed by atoms with E-state index in [1.807, 2.05) is 46.1 Å². The highest BCUT2D eigenvalue weighted by Crippen LogP contribution is 2.26. The molecule has 5 nitrogen and oxygen atoms in total. The molecule has 0 bridgehead atoms. The Morgan fingerprint density at radius 2 is 2.15 bits per heavy atom. The van der Waals surface area contributed by atoms with Gasteiger partial charge in [0.05, 0.1) is 11.8 Å². The predicted molar refractivity (Wildman–Crippen MR) is 79.8 cm³/mol. The Morgan fingerprint density at radius 1 is 1.40 bits per heavy atom. The van der Waals surface area contributed by atoms with Gasteiger partial charge >= 0.3 is 0 Å². The Hall–Kier alpha value is -2.04. The first-order valence-corrected chi connectivity index (χ1v) is 6.75. The van der Waals surface area contributed by atoms with E-state index in [2.05, 4.69) is 5.16 Å². The lowest BCUT2D eigenvalue weighted by Crippen LogP contribution is -2.22. The maximum Gasteiger partial charge on any atom is 0.129 e. The van der Waals surface area contributed by atoms with E-state index in [0.29, 0.717) is 12.4 Å². The van der Waals surface area contributed by atoms with E-state index in [4.69, 9.17) is 15.0 Å². The van der Waals surface area contributed by atoms with Crippen LogP contribution in [0.1, 0.15) is 31.4 Å². The molecule has 0 saturated carbocycles. The first-order chi connectivity index (χ1) is 9.49. The maximum atomic E-state index is 8.06. The first-order valence-electron chi connectivity index (χ1n) is 6.75. The van der Waals surface area contributed by atoms with Gasteiger partial charge in [-0.2, -0.15) is 0 Å². The molecular formula is C15H21N3O2. The number of nitrogens with one attached hydrogen (secondary N) is 1. The smallest absolute Gasteiger partial charge is 0.129 e. The van der Waals surface area contributed by atoms with Crippen LogP contribution in [0, 0.1) is 5.41 Å². The molecule has 0 unspecified atom stereocenters. The molecule has 1 aliphatic heterocycles. The Morgan fingerprint density at radius 3 is 2.70 bits per heavy atom. The van der Waals surface area contributed by atoms with Gasteiger partial charge in [-0.15, -0.1) is 0 Å². The van der Waals surface area contributed by atoms with Crippen molar-refractivity contribution in [2.45, 2.75) is 26.4 Å². The van der Waals surface area contributed by atoms with Gasteiger partial charge in [-0.25, -0.2) is 0 Å². The van der Waals surface area contributed by atoms with Gasteiger partial charge in [0.2, 0.25) is 0 Å². The summed E-state index contributed by atoms with van der Waals surface area (Å²) in [5, 5.41) is 12.1. The third-order valence-corrected chi connectivity index (χ3v) is 2.98. The van der Waals surface area contributed by atoms with Crippen molar-refractivity contribution in [2.75, 3.05) is 20.7 Å². The number of benzene rings is 1. The zero-order chi connectivity index (χ0) is 14.7. The standard InChI is InChI=1S/C15H21N3O2/c1-10(2)20-14-9-11(15(16)18(3)4)5-6-12(14)13-7-8-19-17-13/h5-6,9-10,16H,7-8H2,1-4H3. The molecule has 0 aliphatic carbocycles. The number of hydrogen-bond donors (Lipinski definition) is 1. The van der Waals surface area contributed by atoms with Crippen LogP contribution in [0.25, 0.3) is 0 Å². The molecule has 0 saturated heterocycles. The predicted octanol–water partition coefficient (Wildman–Crippen LogP) is 2.49. The van der Waals surface area contributed by atoms with Crippen molar-refractivity contribution < 1.29 is 9.57 Å². The van der Waals surface area contributed by atoms with Gasteiger partial charge in [0.25, 0.3) is 0 Å². The summed E-state index contributed by atoms with van der Waals surface area (Å²) in [5.74, 6) is 1.21. The van der Waals surface area contributed by atoms with E-state index in [-0.39, 0.29) is 6.10 Å². The quantitative estimate of drug-likeness (QED) is 0.678. The summed E-state index contributed by atoms with van der Waals surface area (Å²) >= 11 is 0. The highest BCUT2D eigenvalue weighted by Gasteiger charge is 2.18. The molecule has 0 fully saturated rings. The second-order valence-electron chi connectivity index (χ2n) is 5.24. The summed E-state index contributed by atoms with van der Waals surface area (Å²) in [4.78, 5) is 6.84. The molecule has 1 N–H and O–H groups in total. The zero-order valence-electron chi connectivity index (χ0n) is 12.4. The topological polar surface area (TPSA) is 57.9 Å². The molecule has 0 spiro atoms. The van der Waals surface area contributed by atoms with Crippen molar-refractivity contribution in [2.24, 2.45) is 5.16 Å². The number of amidine groups is 1. The van der Waals surface area contributed by atoms with Crippen molar-refractivity contribution in [3.05, 3.63) is 29.3 Å². The van der Waals surface area contributed by atoms with Crippen LogP contribution >= 0.6 is 0 Å². The fraction of sp³-hybridized carbons (Fsp3) is 0.467. The Balaban J connectivity index is 2.39. The average molecular weight is 275 g/mol. The molecule has 0 aromatic heterocycles. The van der Waals surface area contributed by atoms with Gasteiger partial charge in [0, 0.05) is 31.6 Å². The van der Waals surface area contributed by atoms with Crippen molar-refractivity contribution in [3.63, 3.8) is 0 Å². The summed E-state index contributed by atoms with van der Waals surface area (Å²) < 4.78 is 5.88. The molecule has 1 heterocycles. The van der Waals surface area contributed by atoms with E-state index >= 15 is 0 Å². The van der Waals surface area contributed by atoms with Gasteiger partial charge in [-0.3, -0.25) is 5.41 Å². The Labute approximate surface area is 119 Å². The normalized spacial score (nSPS) is 13.9. The lowest BCUT2D eigenvalue weighted by molar-refractivity contribution is 0.173. The van der Waals surface area contributed by atoms with E-state index in [0.717, 1.165) is 29.0 Å². The molecule has 0 radical (unpaired) electrons. The average Bonchev–Trinajstić information content (AvgIpc) is 2.90. The lowest BCUT2D eigenvalue weighted by atomic mass is 10.0. The van der Waals surface area contributed by atoms with Crippen LogP contribution < -0.4 is 4.74 Å². The summed E-state index contributed by atoms with van der Waals surface area (Å²) in [6.07, 6.45) is 0.860. The SMILES string of the molecule is CC(C)Oc1cc(C(=N)N(C)C)ccc1C1=NOCC1. The van der Waals surface area contributed by atoms with Crippen LogP contribution in [-0.2, 0) is 4.84 Å². The van der Waals surface area contributed by atoms with Gasteiger partial charge in [0.15, 0.2) is 0 Å². The van der Waals surface area contributed by atoms with Crippen LogP contribution in [0.5, 0.6) is 5.75 Å². The minimum atomic E-state index is 0.0699. The number of ether oxygens (including phenoxy) is 1. The third-order valence-electron chi connectivity index (χ3n) is 2.98. The zero-order valence-corrected chi connectivity index (χ0v) is 12.4. The molecule has 108 valence electrons. The number of oxime groups is 1. The highest BCUT2D eigenvalue weighted by atomic mass is 16.6. The minimum Gasteiger partial charge on any atom is -0.490 e. The van der Waals surface area contributed by atoms with Crippen LogP contribution in [-0.4, -0.2) is 43.3 Å². The van der Waals surface area contributed by atoms with E-state index in [1.165, 1.54) is 0 Å². The molecule has 1 aromatic carbocycles. The van der Waals surface area contributed by atoms with Crippen LogP contribution in [0.3, 0.4) is 0 Å². The van der Waals surface area contributed by atoms with Gasteiger partial charge < -0.3 is 14.5 Å². The summed E-state index contributed by atoms with van der Waals surface area (Å²) in [6.45, 7) is 4.59. The summed E-state index contributed by atoms with van der Waals surface area (Å²) in [5.41, 5.74) is 2.68. The Bertz CT molecular complexity index is 536. The molecule has 1 aromatic rings. The fourth-order valence-electron chi connectivity index (χ4n) is 2.01. The molecule has 5 heteroatoms. The second kappa shape index (κ2) is 5.94. The Kier molecular flexibility index (Phi) is 4.27. The summed E-state index contributed by atoms with van der Waals surface area (Å²) in [7, 11) is 3.71. The third kappa shape index (κ3) is 3.10. The lowest BCUT2D eigenvalue weighted by Gasteiger charge is -2.18. The van der Waals surface area contributed by atoms with Crippen molar-refractivity contribution in [1.29, 1.82) is 5.41 Å². The van der Waals surface area contributed by atoms with E-state index < -0.39 is 0 Å². The number of nitrogens with zero attached hydrogens (tertiary/aromatic N) is 2. The van der Waals surface area contributed by atoms with Crippen LogP contribution in [0.15, 0.2) is 23.4 Å². The van der Waals surface area contributed by atoms with E-state index in [1.54, 1.807) is 4.90 Å². The van der Waals surface area contributed by atoms with E-state index in [9.17, 15) is 0 Å². The minimum absolute atomic E-state index is 0.0699. The first kappa shape index (κ1) is 14.4. The second-order valence-corrected chi connectivity index (χ2v) is 5.24. The van der Waals surface area contributed by atoms with Crippen molar-refractivity contribution in [3.8, 4) is 5.75 Å². The molecule has 0 atom stereocenters. The molecule has 20 heavy (non-hydrogen) atoms. The van der Waals surface area contributed by atoms with Crippen molar-refractivity contribution >= 4 is 11.5 Å². The highest BCUT2D eigenvalue weighted by molar-refractivity contribution is 6.05. The number of rotatable bonds is 4. The number of hydrogen-bond acceptors (Lipinski definition) is 4.